The van der Waals surface area contributed by atoms with Crippen molar-refractivity contribution >= 4 is 31.8 Å². The summed E-state index contributed by atoms with van der Waals surface area (Å²) in [6.45, 7) is 0. The van der Waals surface area contributed by atoms with Crippen LogP contribution in [0.5, 0.6) is 0 Å². The quantitative estimate of drug-likeness (QED) is 0.331. The Labute approximate surface area is 211 Å². The molecule has 0 spiro atoms. The molecule has 12 heteroatoms. The maximum Gasteiger partial charge on any atom is 1.00 e. The number of hydrogen-bond donors (Lipinski definition) is 0. The normalized spacial score (nSPS) is 13.7. The Morgan fingerprint density at radius 2 is 1.24 bits per heavy atom. The smallest absolute Gasteiger partial charge is 0.744 e. The molecule has 0 radical (unpaired) electrons. The van der Waals surface area contributed by atoms with Gasteiger partial charge in [-0.2, -0.15) is 0 Å². The maximum absolute atomic E-state index is 12.5. The van der Waals surface area contributed by atoms with E-state index in [1.807, 2.05) is 0 Å². The Bertz CT molecular complexity index is 1180. The molecule has 0 N–H and O–H groups in total. The van der Waals surface area contributed by atoms with E-state index in [1.54, 1.807) is 12.1 Å². The molecule has 0 aromatic heterocycles. The third kappa shape index (κ3) is 5.95. The number of benzene rings is 2. The van der Waals surface area contributed by atoms with Crippen molar-refractivity contribution in [1.82, 2.24) is 0 Å². The number of carbonyl (C=O) groups excluding carboxylic acids is 2. The van der Waals surface area contributed by atoms with E-state index in [9.17, 15) is 35.5 Å². The Kier molecular flexibility index (Phi) is 8.77. The summed E-state index contributed by atoms with van der Waals surface area (Å²) in [4.78, 5) is 22.9. The van der Waals surface area contributed by atoms with Gasteiger partial charge >= 0.3 is 59.1 Å². The first kappa shape index (κ1) is 26.4. The van der Waals surface area contributed by atoms with Crippen LogP contribution in [0.25, 0.3) is 0 Å². The van der Waals surface area contributed by atoms with Gasteiger partial charge in [0.2, 0.25) is 0 Å². The molecule has 140 valence electrons. The van der Waals surface area contributed by atoms with Gasteiger partial charge in [-0.25, -0.2) is 16.8 Å². The summed E-state index contributed by atoms with van der Waals surface area (Å²) in [7, 11) is -10.1. The molecule has 0 amide bonds. The average Bonchev–Trinajstić information content (AvgIpc) is 2.58. The van der Waals surface area contributed by atoms with E-state index >= 15 is 0 Å². The maximum atomic E-state index is 12.5. The van der Waals surface area contributed by atoms with Gasteiger partial charge in [0.25, 0.3) is 0 Å². The minimum absolute atomic E-state index is 0. The standard InChI is InChI=1S/C17H12O8S2.2Na/c18-16-8-11(17(19)15-4-2-1-3-14(15)16)5-10-6-12(26(20,21)22)9-13(7-10)27(23,24)25;;/h1-4,6-9H,5H2,(H,20,21,22)(H,23,24,25);;/q;2*+1/p-2. The Balaban J connectivity index is 0.00000210. The molecule has 0 atom stereocenters. The van der Waals surface area contributed by atoms with Gasteiger partial charge in [-0.3, -0.25) is 9.59 Å². The van der Waals surface area contributed by atoms with Crippen LogP contribution in [0.1, 0.15) is 26.3 Å². The van der Waals surface area contributed by atoms with Crippen LogP contribution >= 0.6 is 0 Å². The van der Waals surface area contributed by atoms with E-state index in [2.05, 4.69) is 0 Å². The molecule has 8 nitrogen and oxygen atoms in total. The van der Waals surface area contributed by atoms with E-state index in [1.165, 1.54) is 12.1 Å². The number of allylic oxidation sites excluding steroid dienone is 2. The third-order valence-corrected chi connectivity index (χ3v) is 5.57. The van der Waals surface area contributed by atoms with Crippen LogP contribution in [0.2, 0.25) is 0 Å². The second-order valence-electron chi connectivity index (χ2n) is 5.81. The van der Waals surface area contributed by atoms with Crippen molar-refractivity contribution in [3.63, 3.8) is 0 Å². The topological polar surface area (TPSA) is 149 Å². The van der Waals surface area contributed by atoms with Crippen molar-refractivity contribution in [2.24, 2.45) is 0 Å². The zero-order valence-corrected chi connectivity index (χ0v) is 21.0. The molecule has 29 heavy (non-hydrogen) atoms. The van der Waals surface area contributed by atoms with Crippen molar-refractivity contribution in [2.45, 2.75) is 16.2 Å². The molecule has 0 fully saturated rings. The van der Waals surface area contributed by atoms with Crippen molar-refractivity contribution in [3.8, 4) is 0 Å². The van der Waals surface area contributed by atoms with Crippen LogP contribution < -0.4 is 59.1 Å². The third-order valence-electron chi connectivity index (χ3n) is 3.95. The fourth-order valence-electron chi connectivity index (χ4n) is 2.74. The van der Waals surface area contributed by atoms with Crippen molar-refractivity contribution in [1.29, 1.82) is 0 Å². The summed E-state index contributed by atoms with van der Waals surface area (Å²) in [5.41, 5.74) is 0.274. The monoisotopic (exact) mass is 452 g/mol. The van der Waals surface area contributed by atoms with Crippen LogP contribution in [-0.2, 0) is 26.7 Å². The largest absolute Gasteiger partial charge is 1.00 e. The first-order valence-corrected chi connectivity index (χ1v) is 10.2. The number of fused-ring (bicyclic) bond motifs is 1. The van der Waals surface area contributed by atoms with E-state index in [0.29, 0.717) is 6.07 Å². The fraction of sp³-hybridized carbons (Fsp3) is 0.0588. The van der Waals surface area contributed by atoms with Crippen LogP contribution in [0.15, 0.2) is 63.9 Å². The first-order valence-electron chi connectivity index (χ1n) is 7.41. The summed E-state index contributed by atoms with van der Waals surface area (Å²) in [5, 5.41) is 0. The Morgan fingerprint density at radius 3 is 1.72 bits per heavy atom. The summed E-state index contributed by atoms with van der Waals surface area (Å²) in [5.74, 6) is -0.934. The van der Waals surface area contributed by atoms with Gasteiger partial charge in [-0.15, -0.1) is 0 Å². The molecule has 0 saturated heterocycles. The van der Waals surface area contributed by atoms with Gasteiger partial charge in [0.15, 0.2) is 11.6 Å². The van der Waals surface area contributed by atoms with E-state index in [-0.39, 0.29) is 87.8 Å². The molecule has 1 aliphatic carbocycles. The summed E-state index contributed by atoms with van der Waals surface area (Å²) >= 11 is 0. The van der Waals surface area contributed by atoms with Crippen LogP contribution in [0.3, 0.4) is 0 Å². The Hall–Kier alpha value is -0.660. The molecule has 3 rings (SSSR count). The number of rotatable bonds is 4. The van der Waals surface area contributed by atoms with Crippen molar-refractivity contribution in [2.75, 3.05) is 0 Å². The van der Waals surface area contributed by atoms with Crippen LogP contribution in [0.4, 0.5) is 0 Å². The van der Waals surface area contributed by atoms with E-state index in [0.717, 1.165) is 18.2 Å². The van der Waals surface area contributed by atoms with Crippen molar-refractivity contribution in [3.05, 3.63) is 70.8 Å². The molecular weight excluding hydrogens is 442 g/mol. The summed E-state index contributed by atoms with van der Waals surface area (Å²) in [6.07, 6.45) is 0.735. The second-order valence-corrected chi connectivity index (χ2v) is 8.57. The van der Waals surface area contributed by atoms with Gasteiger partial charge < -0.3 is 9.11 Å². The predicted molar refractivity (Wildman–Crippen MR) is 89.3 cm³/mol. The predicted octanol–water partition coefficient (Wildman–Crippen LogP) is -4.95. The number of hydrogen-bond acceptors (Lipinski definition) is 8. The first-order chi connectivity index (χ1) is 12.5. The molecule has 1 aliphatic rings. The summed E-state index contributed by atoms with van der Waals surface area (Å²) in [6, 6.07) is 8.30. The molecule has 2 aromatic rings. The molecule has 0 saturated carbocycles. The number of carbonyl (C=O) groups is 2. The minimum atomic E-state index is -5.05. The van der Waals surface area contributed by atoms with E-state index in [4.69, 9.17) is 0 Å². The van der Waals surface area contributed by atoms with Gasteiger partial charge in [0, 0.05) is 23.1 Å². The van der Waals surface area contributed by atoms with Gasteiger partial charge in [-0.1, -0.05) is 24.3 Å². The molecule has 0 heterocycles. The van der Waals surface area contributed by atoms with Crippen LogP contribution in [-0.4, -0.2) is 37.5 Å². The number of Topliss-reactive ketones (excluding diaryl/α,β-unsaturated/α-hetero) is 1. The molecule has 0 aliphatic heterocycles. The van der Waals surface area contributed by atoms with Crippen molar-refractivity contribution < 1.29 is 94.6 Å². The zero-order valence-electron chi connectivity index (χ0n) is 15.4. The minimum Gasteiger partial charge on any atom is -0.744 e. The van der Waals surface area contributed by atoms with E-state index < -0.39 is 41.6 Å². The SMILES string of the molecule is O=C1C=C(Cc2cc(S(=O)(=O)[O-])cc(S(=O)(=O)[O-])c2)C(=O)c2ccccc21.[Na+].[Na+]. The Morgan fingerprint density at radius 1 is 0.759 bits per heavy atom. The summed E-state index contributed by atoms with van der Waals surface area (Å²) < 4.78 is 67.5. The zero-order chi connectivity index (χ0) is 20.0. The fourth-order valence-corrected chi connectivity index (χ4v) is 3.95. The average molecular weight is 452 g/mol. The second kappa shape index (κ2) is 9.65. The molecular formula is C17H10Na2O8S2. The van der Waals surface area contributed by atoms with Crippen LogP contribution in [0, 0.1) is 0 Å². The number of ketones is 2. The molecule has 0 bridgehead atoms. The van der Waals surface area contributed by atoms with Gasteiger partial charge in [0.05, 0.1) is 9.79 Å². The van der Waals surface area contributed by atoms with Gasteiger partial charge in [0.1, 0.15) is 20.2 Å². The molecule has 2 aromatic carbocycles. The van der Waals surface area contributed by atoms with Gasteiger partial charge in [-0.05, 0) is 29.8 Å². The molecule has 0 unspecified atom stereocenters.